The molecule has 1 fully saturated rings. The van der Waals surface area contributed by atoms with Crippen LogP contribution >= 0.6 is 0 Å². The van der Waals surface area contributed by atoms with Crippen LogP contribution in [0.25, 0.3) is 0 Å². The topological polar surface area (TPSA) is 32.3 Å². The molecule has 1 saturated carbocycles. The summed E-state index contributed by atoms with van der Waals surface area (Å²) in [5.74, 6) is 0.340. The number of hydrogen-bond acceptors (Lipinski definition) is 2. The van der Waals surface area contributed by atoms with Crippen LogP contribution in [0.1, 0.15) is 57.6 Å². The summed E-state index contributed by atoms with van der Waals surface area (Å²) in [6, 6.07) is 7.88. The van der Waals surface area contributed by atoms with E-state index in [2.05, 4.69) is 19.2 Å². The summed E-state index contributed by atoms with van der Waals surface area (Å²) in [7, 11) is 0. The van der Waals surface area contributed by atoms with Gasteiger partial charge in [-0.3, -0.25) is 0 Å². The van der Waals surface area contributed by atoms with E-state index in [0.29, 0.717) is 17.2 Å². The van der Waals surface area contributed by atoms with Gasteiger partial charge in [-0.2, -0.15) is 0 Å². The standard InChI is InChI=1S/C16H25NO/c1-3-16(10-4-5-11-16)12-17-13(2)14-6-8-15(18)9-7-14/h6-9,13,17-18H,3-5,10-12H2,1-2H3. The molecule has 2 heteroatoms. The van der Waals surface area contributed by atoms with Gasteiger partial charge in [-0.1, -0.05) is 31.9 Å². The second kappa shape index (κ2) is 5.75. The molecule has 1 aromatic carbocycles. The first kappa shape index (κ1) is 13.4. The predicted octanol–water partition coefficient (Wildman–Crippen LogP) is 4.01. The van der Waals surface area contributed by atoms with Crippen molar-refractivity contribution >= 4 is 0 Å². The van der Waals surface area contributed by atoms with Gasteiger partial charge in [0.25, 0.3) is 0 Å². The Balaban J connectivity index is 1.91. The zero-order chi connectivity index (χ0) is 13.0. The molecule has 1 aliphatic rings. The molecule has 0 radical (unpaired) electrons. The molecule has 1 aromatic rings. The lowest BCUT2D eigenvalue weighted by Crippen LogP contribution is -2.33. The molecule has 0 bridgehead atoms. The SMILES string of the molecule is CCC1(CNC(C)c2ccc(O)cc2)CCCC1. The Morgan fingerprint density at radius 1 is 1.22 bits per heavy atom. The zero-order valence-corrected chi connectivity index (χ0v) is 11.6. The van der Waals surface area contributed by atoms with E-state index >= 15 is 0 Å². The van der Waals surface area contributed by atoms with Crippen LogP contribution in [0.4, 0.5) is 0 Å². The lowest BCUT2D eigenvalue weighted by atomic mass is 9.83. The quantitative estimate of drug-likeness (QED) is 0.824. The van der Waals surface area contributed by atoms with Gasteiger partial charge in [0.15, 0.2) is 0 Å². The highest BCUT2D eigenvalue weighted by atomic mass is 16.3. The molecule has 1 unspecified atom stereocenters. The Morgan fingerprint density at radius 2 is 1.83 bits per heavy atom. The third kappa shape index (κ3) is 3.05. The van der Waals surface area contributed by atoms with Gasteiger partial charge in [-0.05, 0) is 49.3 Å². The van der Waals surface area contributed by atoms with Gasteiger partial charge in [0.1, 0.15) is 5.75 Å². The lowest BCUT2D eigenvalue weighted by molar-refractivity contribution is 0.259. The maximum absolute atomic E-state index is 9.30. The highest BCUT2D eigenvalue weighted by Crippen LogP contribution is 2.40. The van der Waals surface area contributed by atoms with E-state index in [4.69, 9.17) is 0 Å². The molecular weight excluding hydrogens is 222 g/mol. The number of benzene rings is 1. The van der Waals surface area contributed by atoms with Crippen LogP contribution in [0.5, 0.6) is 5.75 Å². The summed E-state index contributed by atoms with van der Waals surface area (Å²) in [6.45, 7) is 5.63. The molecule has 0 saturated heterocycles. The van der Waals surface area contributed by atoms with Gasteiger partial charge in [0, 0.05) is 12.6 Å². The third-order valence-corrected chi connectivity index (χ3v) is 4.59. The minimum Gasteiger partial charge on any atom is -0.508 e. The van der Waals surface area contributed by atoms with Gasteiger partial charge >= 0.3 is 0 Å². The van der Waals surface area contributed by atoms with E-state index in [1.54, 1.807) is 12.1 Å². The summed E-state index contributed by atoms with van der Waals surface area (Å²) >= 11 is 0. The first-order valence-corrected chi connectivity index (χ1v) is 7.17. The average molecular weight is 247 g/mol. The lowest BCUT2D eigenvalue weighted by Gasteiger charge is -2.29. The molecule has 1 aliphatic carbocycles. The van der Waals surface area contributed by atoms with E-state index in [1.807, 2.05) is 12.1 Å². The van der Waals surface area contributed by atoms with Crippen LogP contribution in [0.15, 0.2) is 24.3 Å². The Kier molecular flexibility index (Phi) is 4.28. The molecular formula is C16H25NO. The van der Waals surface area contributed by atoms with E-state index < -0.39 is 0 Å². The van der Waals surface area contributed by atoms with Crippen LogP contribution in [0.3, 0.4) is 0 Å². The summed E-state index contributed by atoms with van der Waals surface area (Å²) in [4.78, 5) is 0. The van der Waals surface area contributed by atoms with Crippen molar-refractivity contribution in [3.63, 3.8) is 0 Å². The summed E-state index contributed by atoms with van der Waals surface area (Å²) < 4.78 is 0. The number of phenols is 1. The fourth-order valence-electron chi connectivity index (χ4n) is 3.03. The van der Waals surface area contributed by atoms with Gasteiger partial charge in [0.05, 0.1) is 0 Å². The van der Waals surface area contributed by atoms with Crippen LogP contribution < -0.4 is 5.32 Å². The molecule has 0 spiro atoms. The minimum absolute atomic E-state index is 0.340. The minimum atomic E-state index is 0.340. The molecule has 0 amide bonds. The van der Waals surface area contributed by atoms with Gasteiger partial charge in [0.2, 0.25) is 0 Å². The Bertz CT molecular complexity index is 365. The first-order chi connectivity index (χ1) is 8.65. The molecule has 2 rings (SSSR count). The number of nitrogens with one attached hydrogen (secondary N) is 1. The third-order valence-electron chi connectivity index (χ3n) is 4.59. The number of rotatable bonds is 5. The maximum atomic E-state index is 9.30. The van der Waals surface area contributed by atoms with E-state index in [0.717, 1.165) is 6.54 Å². The van der Waals surface area contributed by atoms with E-state index in [9.17, 15) is 5.11 Å². The second-order valence-corrected chi connectivity index (χ2v) is 5.75. The summed E-state index contributed by atoms with van der Waals surface area (Å²) in [5.41, 5.74) is 1.78. The largest absolute Gasteiger partial charge is 0.508 e. The molecule has 2 N–H and O–H groups in total. The molecule has 2 nitrogen and oxygen atoms in total. The van der Waals surface area contributed by atoms with Crippen molar-refractivity contribution in [3.05, 3.63) is 29.8 Å². The van der Waals surface area contributed by atoms with Crippen LogP contribution in [0, 0.1) is 5.41 Å². The van der Waals surface area contributed by atoms with Crippen molar-refractivity contribution in [2.75, 3.05) is 6.54 Å². The number of phenolic OH excluding ortho intramolecular Hbond substituents is 1. The normalized spacial score (nSPS) is 19.9. The summed E-state index contributed by atoms with van der Waals surface area (Å²) in [6.07, 6.45) is 6.81. The molecule has 0 heterocycles. The molecule has 18 heavy (non-hydrogen) atoms. The Morgan fingerprint density at radius 3 is 2.39 bits per heavy atom. The van der Waals surface area contributed by atoms with Crippen molar-refractivity contribution < 1.29 is 5.11 Å². The van der Waals surface area contributed by atoms with Crippen molar-refractivity contribution in [1.82, 2.24) is 5.32 Å². The van der Waals surface area contributed by atoms with Crippen molar-refractivity contribution in [2.45, 2.75) is 52.0 Å². The van der Waals surface area contributed by atoms with Crippen molar-refractivity contribution in [3.8, 4) is 5.75 Å². The van der Waals surface area contributed by atoms with Gasteiger partial charge < -0.3 is 10.4 Å². The molecule has 0 aromatic heterocycles. The van der Waals surface area contributed by atoms with Crippen molar-refractivity contribution in [1.29, 1.82) is 0 Å². The molecule has 0 aliphatic heterocycles. The van der Waals surface area contributed by atoms with Crippen LogP contribution in [-0.4, -0.2) is 11.7 Å². The van der Waals surface area contributed by atoms with Gasteiger partial charge in [-0.25, -0.2) is 0 Å². The fraction of sp³-hybridized carbons (Fsp3) is 0.625. The van der Waals surface area contributed by atoms with Crippen LogP contribution in [0.2, 0.25) is 0 Å². The Labute approximate surface area is 110 Å². The predicted molar refractivity (Wildman–Crippen MR) is 75.7 cm³/mol. The second-order valence-electron chi connectivity index (χ2n) is 5.75. The van der Waals surface area contributed by atoms with E-state index in [-0.39, 0.29) is 0 Å². The van der Waals surface area contributed by atoms with Crippen LogP contribution in [-0.2, 0) is 0 Å². The Hall–Kier alpha value is -1.02. The highest BCUT2D eigenvalue weighted by Gasteiger charge is 2.31. The maximum Gasteiger partial charge on any atom is 0.115 e. The summed E-state index contributed by atoms with van der Waals surface area (Å²) in [5, 5.41) is 13.0. The van der Waals surface area contributed by atoms with Crippen molar-refractivity contribution in [2.24, 2.45) is 5.41 Å². The highest BCUT2D eigenvalue weighted by molar-refractivity contribution is 5.27. The monoisotopic (exact) mass is 247 g/mol. The zero-order valence-electron chi connectivity index (χ0n) is 11.6. The number of aromatic hydroxyl groups is 1. The smallest absolute Gasteiger partial charge is 0.115 e. The average Bonchev–Trinajstić information content (AvgIpc) is 2.86. The molecule has 100 valence electrons. The molecule has 1 atom stereocenters. The first-order valence-electron chi connectivity index (χ1n) is 7.17. The van der Waals surface area contributed by atoms with Gasteiger partial charge in [-0.15, -0.1) is 0 Å². The fourth-order valence-corrected chi connectivity index (χ4v) is 3.03. The van der Waals surface area contributed by atoms with E-state index in [1.165, 1.54) is 37.7 Å². The number of hydrogen-bond donors (Lipinski definition) is 2.